The largest absolute Gasteiger partial charge is 0.481 e. The Labute approximate surface area is 121 Å². The van der Waals surface area contributed by atoms with E-state index in [-0.39, 0.29) is 12.5 Å². The summed E-state index contributed by atoms with van der Waals surface area (Å²) in [4.78, 5) is 26.3. The van der Waals surface area contributed by atoms with Crippen LogP contribution in [0.3, 0.4) is 0 Å². The number of aliphatic carboxylic acids is 1. The van der Waals surface area contributed by atoms with Gasteiger partial charge in [-0.05, 0) is 35.4 Å². The molecule has 0 spiro atoms. The van der Waals surface area contributed by atoms with Gasteiger partial charge in [-0.3, -0.25) is 9.78 Å². The van der Waals surface area contributed by atoms with Crippen LogP contribution in [0.5, 0.6) is 0 Å². The van der Waals surface area contributed by atoms with Gasteiger partial charge in [0.05, 0.1) is 6.42 Å². The maximum absolute atomic E-state index is 11.8. The van der Waals surface area contributed by atoms with Crippen LogP contribution in [0.25, 0.3) is 0 Å². The maximum atomic E-state index is 11.8. The highest BCUT2D eigenvalue weighted by Crippen LogP contribution is 2.11. The van der Waals surface area contributed by atoms with Crippen LogP contribution in [0.4, 0.5) is 10.5 Å². The summed E-state index contributed by atoms with van der Waals surface area (Å²) in [6, 6.07) is 10.0. The molecule has 6 nitrogen and oxygen atoms in total. The summed E-state index contributed by atoms with van der Waals surface area (Å²) >= 11 is 0. The first kappa shape index (κ1) is 14.5. The van der Waals surface area contributed by atoms with Crippen LogP contribution in [0.1, 0.15) is 11.1 Å². The number of aromatic nitrogens is 1. The minimum absolute atomic E-state index is 0.0752. The topological polar surface area (TPSA) is 91.3 Å². The van der Waals surface area contributed by atoms with Gasteiger partial charge in [-0.15, -0.1) is 0 Å². The average molecular weight is 285 g/mol. The molecule has 0 fully saturated rings. The number of carbonyl (C=O) groups is 2. The Balaban J connectivity index is 1.89. The Morgan fingerprint density at radius 2 is 1.86 bits per heavy atom. The summed E-state index contributed by atoms with van der Waals surface area (Å²) in [6.45, 7) is 0.392. The summed E-state index contributed by atoms with van der Waals surface area (Å²) < 4.78 is 0. The van der Waals surface area contributed by atoms with Crippen molar-refractivity contribution in [2.75, 3.05) is 5.32 Å². The third-order valence-corrected chi connectivity index (χ3v) is 2.74. The first-order chi connectivity index (χ1) is 10.1. The molecule has 0 aliphatic carbocycles. The van der Waals surface area contributed by atoms with E-state index >= 15 is 0 Å². The second kappa shape index (κ2) is 7.04. The van der Waals surface area contributed by atoms with Crippen LogP contribution < -0.4 is 10.6 Å². The highest BCUT2D eigenvalue weighted by atomic mass is 16.4. The lowest BCUT2D eigenvalue weighted by molar-refractivity contribution is -0.136. The molecule has 0 atom stereocenters. The number of urea groups is 1. The van der Waals surface area contributed by atoms with E-state index in [1.807, 2.05) is 12.1 Å². The molecule has 2 amide bonds. The van der Waals surface area contributed by atoms with Gasteiger partial charge >= 0.3 is 12.0 Å². The molecule has 21 heavy (non-hydrogen) atoms. The van der Waals surface area contributed by atoms with Crippen molar-refractivity contribution in [1.29, 1.82) is 0 Å². The maximum Gasteiger partial charge on any atom is 0.319 e. The number of benzene rings is 1. The van der Waals surface area contributed by atoms with E-state index < -0.39 is 5.97 Å². The number of anilines is 1. The number of hydrogen-bond acceptors (Lipinski definition) is 3. The van der Waals surface area contributed by atoms with Crippen LogP contribution in [-0.4, -0.2) is 22.1 Å². The summed E-state index contributed by atoms with van der Waals surface area (Å²) in [5, 5.41) is 14.1. The molecule has 2 rings (SSSR count). The van der Waals surface area contributed by atoms with Crippen molar-refractivity contribution in [1.82, 2.24) is 10.3 Å². The number of carboxylic acids is 1. The van der Waals surface area contributed by atoms with Crippen LogP contribution in [-0.2, 0) is 17.8 Å². The van der Waals surface area contributed by atoms with Gasteiger partial charge in [0.1, 0.15) is 0 Å². The van der Waals surface area contributed by atoms with Gasteiger partial charge in [0.25, 0.3) is 0 Å². The minimum atomic E-state index is -0.908. The number of nitrogens with zero attached hydrogens (tertiary/aromatic N) is 1. The van der Waals surface area contributed by atoms with Crippen molar-refractivity contribution >= 4 is 17.7 Å². The highest BCUT2D eigenvalue weighted by Gasteiger charge is 2.04. The van der Waals surface area contributed by atoms with Gasteiger partial charge in [-0.25, -0.2) is 4.79 Å². The minimum Gasteiger partial charge on any atom is -0.481 e. The molecule has 3 N–H and O–H groups in total. The zero-order valence-electron chi connectivity index (χ0n) is 11.2. The van der Waals surface area contributed by atoms with Crippen molar-refractivity contribution in [2.24, 2.45) is 0 Å². The van der Waals surface area contributed by atoms with E-state index in [0.717, 1.165) is 5.56 Å². The number of amides is 2. The van der Waals surface area contributed by atoms with Crippen molar-refractivity contribution < 1.29 is 14.7 Å². The average Bonchev–Trinajstić information content (AvgIpc) is 2.46. The molecular formula is C15H15N3O3. The zero-order valence-corrected chi connectivity index (χ0v) is 11.2. The zero-order chi connectivity index (χ0) is 15.1. The Bertz CT molecular complexity index is 629. The molecule has 2 aromatic rings. The third-order valence-electron chi connectivity index (χ3n) is 2.74. The third kappa shape index (κ3) is 4.94. The molecule has 108 valence electrons. The van der Waals surface area contributed by atoms with E-state index in [0.29, 0.717) is 17.8 Å². The lowest BCUT2D eigenvalue weighted by Gasteiger charge is -2.08. The van der Waals surface area contributed by atoms with E-state index in [2.05, 4.69) is 15.6 Å². The van der Waals surface area contributed by atoms with Crippen LogP contribution in [0.2, 0.25) is 0 Å². The molecule has 6 heteroatoms. The number of nitrogens with one attached hydrogen (secondary N) is 2. The SMILES string of the molecule is O=C(O)Cc1cccc(NC(=O)NCc2ccncc2)c1. The first-order valence-corrected chi connectivity index (χ1v) is 6.38. The van der Waals surface area contributed by atoms with Crippen LogP contribution in [0.15, 0.2) is 48.8 Å². The van der Waals surface area contributed by atoms with Crippen molar-refractivity contribution in [3.8, 4) is 0 Å². The molecular weight excluding hydrogens is 270 g/mol. The van der Waals surface area contributed by atoms with Gasteiger partial charge in [0.2, 0.25) is 0 Å². The Hall–Kier alpha value is -2.89. The lowest BCUT2D eigenvalue weighted by Crippen LogP contribution is -2.28. The van der Waals surface area contributed by atoms with E-state index in [4.69, 9.17) is 5.11 Å². The fourth-order valence-corrected chi connectivity index (χ4v) is 1.79. The monoisotopic (exact) mass is 285 g/mol. The van der Waals surface area contributed by atoms with E-state index in [1.165, 1.54) is 0 Å². The lowest BCUT2D eigenvalue weighted by atomic mass is 10.1. The normalized spacial score (nSPS) is 9.90. The summed E-state index contributed by atoms with van der Waals surface area (Å²) in [5.74, 6) is -0.908. The van der Waals surface area contributed by atoms with Gasteiger partial charge in [-0.2, -0.15) is 0 Å². The van der Waals surface area contributed by atoms with Crippen molar-refractivity contribution in [3.63, 3.8) is 0 Å². The number of hydrogen-bond donors (Lipinski definition) is 3. The van der Waals surface area contributed by atoms with Gasteiger partial charge in [-0.1, -0.05) is 12.1 Å². The predicted octanol–water partition coefficient (Wildman–Crippen LogP) is 2.03. The fraction of sp³-hybridized carbons (Fsp3) is 0.133. The molecule has 1 aromatic heterocycles. The Morgan fingerprint density at radius 3 is 2.57 bits per heavy atom. The molecule has 0 aliphatic rings. The Kier molecular flexibility index (Phi) is 4.87. The first-order valence-electron chi connectivity index (χ1n) is 6.38. The Morgan fingerprint density at radius 1 is 1.10 bits per heavy atom. The molecule has 0 unspecified atom stereocenters. The second-order valence-electron chi connectivity index (χ2n) is 4.43. The molecule has 1 aromatic carbocycles. The van der Waals surface area contributed by atoms with Gasteiger partial charge in [0, 0.05) is 24.6 Å². The standard InChI is InChI=1S/C15H15N3O3/c19-14(20)9-12-2-1-3-13(8-12)18-15(21)17-10-11-4-6-16-7-5-11/h1-8H,9-10H2,(H,19,20)(H2,17,18,21). The fourth-order valence-electron chi connectivity index (χ4n) is 1.79. The van der Waals surface area contributed by atoms with Crippen LogP contribution in [0, 0.1) is 0 Å². The van der Waals surface area contributed by atoms with Gasteiger partial charge < -0.3 is 15.7 Å². The molecule has 0 saturated carbocycles. The number of carbonyl (C=O) groups excluding carboxylic acids is 1. The number of carboxylic acid groups (broad SMARTS) is 1. The summed E-state index contributed by atoms with van der Waals surface area (Å²) in [6.07, 6.45) is 3.24. The predicted molar refractivity (Wildman–Crippen MR) is 77.9 cm³/mol. The smallest absolute Gasteiger partial charge is 0.319 e. The van der Waals surface area contributed by atoms with E-state index in [9.17, 15) is 9.59 Å². The quantitative estimate of drug-likeness (QED) is 0.784. The molecule has 0 aliphatic heterocycles. The molecule has 0 bridgehead atoms. The van der Waals surface area contributed by atoms with Gasteiger partial charge in [0.15, 0.2) is 0 Å². The highest BCUT2D eigenvalue weighted by molar-refractivity contribution is 5.89. The number of pyridine rings is 1. The van der Waals surface area contributed by atoms with E-state index in [1.54, 1.807) is 36.7 Å². The van der Waals surface area contributed by atoms with Crippen LogP contribution >= 0.6 is 0 Å². The number of rotatable bonds is 5. The molecule has 0 saturated heterocycles. The van der Waals surface area contributed by atoms with Crippen molar-refractivity contribution in [2.45, 2.75) is 13.0 Å². The summed E-state index contributed by atoms with van der Waals surface area (Å²) in [7, 11) is 0. The second-order valence-corrected chi connectivity index (χ2v) is 4.43. The summed E-state index contributed by atoms with van der Waals surface area (Å²) in [5.41, 5.74) is 2.13. The molecule has 0 radical (unpaired) electrons. The molecule has 1 heterocycles. The van der Waals surface area contributed by atoms with Crippen molar-refractivity contribution in [3.05, 3.63) is 59.9 Å².